The highest BCUT2D eigenvalue weighted by Gasteiger charge is 2.30. The van der Waals surface area contributed by atoms with E-state index in [9.17, 15) is 24.3 Å². The molecular weight excluding hydrogens is 408 g/mol. The molecule has 4 unspecified atom stereocenters. The molecule has 9 nitrogen and oxygen atoms in total. The molecule has 0 bridgehead atoms. The zero-order valence-corrected chi connectivity index (χ0v) is 19.7. The summed E-state index contributed by atoms with van der Waals surface area (Å²) < 4.78 is 0. The van der Waals surface area contributed by atoms with Gasteiger partial charge in [-0.3, -0.25) is 14.4 Å². The Morgan fingerprint density at radius 2 is 1.23 bits per heavy atom. The van der Waals surface area contributed by atoms with Crippen molar-refractivity contribution in [3.63, 3.8) is 0 Å². The molecule has 0 fully saturated rings. The third-order valence-corrected chi connectivity index (χ3v) is 4.96. The molecule has 0 aliphatic heterocycles. The second kappa shape index (κ2) is 14.2. The molecule has 0 radical (unpaired) electrons. The fraction of sp³-hybridized carbons (Fsp3) is 0.800. The minimum Gasteiger partial charge on any atom is -0.480 e. The van der Waals surface area contributed by atoms with Crippen LogP contribution >= 0.6 is 11.8 Å². The Bertz CT molecular complexity index is 584. The summed E-state index contributed by atoms with van der Waals surface area (Å²) >= 11 is 1.53. The van der Waals surface area contributed by atoms with Crippen LogP contribution in [-0.4, -0.2) is 65.0 Å². The van der Waals surface area contributed by atoms with Crippen molar-refractivity contribution in [1.29, 1.82) is 0 Å². The number of carbonyl (C=O) groups excluding carboxylic acids is 3. The number of carbonyl (C=O) groups is 4. The Morgan fingerprint density at radius 3 is 1.67 bits per heavy atom. The monoisotopic (exact) mass is 446 g/mol. The van der Waals surface area contributed by atoms with Crippen LogP contribution in [-0.2, 0) is 19.2 Å². The molecule has 0 aromatic rings. The van der Waals surface area contributed by atoms with Gasteiger partial charge in [0, 0.05) is 0 Å². The van der Waals surface area contributed by atoms with Crippen LogP contribution in [0.4, 0.5) is 0 Å². The highest BCUT2D eigenvalue weighted by molar-refractivity contribution is 7.98. The number of carboxylic acids is 1. The molecule has 10 heteroatoms. The van der Waals surface area contributed by atoms with Crippen LogP contribution in [0.2, 0.25) is 0 Å². The highest BCUT2D eigenvalue weighted by atomic mass is 32.2. The third kappa shape index (κ3) is 11.4. The minimum absolute atomic E-state index is 0.0777. The molecule has 174 valence electrons. The van der Waals surface area contributed by atoms with Crippen LogP contribution in [0.5, 0.6) is 0 Å². The minimum atomic E-state index is -1.12. The van der Waals surface area contributed by atoms with E-state index in [1.54, 1.807) is 0 Å². The number of hydrogen-bond acceptors (Lipinski definition) is 6. The molecule has 3 amide bonds. The number of aliphatic carboxylic acids is 1. The van der Waals surface area contributed by atoms with Gasteiger partial charge in [0.15, 0.2) is 0 Å². The van der Waals surface area contributed by atoms with Gasteiger partial charge < -0.3 is 26.8 Å². The lowest BCUT2D eigenvalue weighted by molar-refractivity contribution is -0.143. The highest BCUT2D eigenvalue weighted by Crippen LogP contribution is 2.10. The average Bonchev–Trinajstić information content (AvgIpc) is 2.62. The van der Waals surface area contributed by atoms with Crippen LogP contribution < -0.4 is 21.7 Å². The predicted molar refractivity (Wildman–Crippen MR) is 119 cm³/mol. The van der Waals surface area contributed by atoms with Gasteiger partial charge in [-0.2, -0.15) is 11.8 Å². The van der Waals surface area contributed by atoms with Gasteiger partial charge in [0.25, 0.3) is 0 Å². The third-order valence-electron chi connectivity index (χ3n) is 4.32. The number of thioether (sulfide) groups is 1. The first-order chi connectivity index (χ1) is 13.9. The molecule has 0 saturated heterocycles. The first kappa shape index (κ1) is 28.2. The van der Waals surface area contributed by atoms with Gasteiger partial charge in [0.2, 0.25) is 17.7 Å². The lowest BCUT2D eigenvalue weighted by atomic mass is 10.00. The Balaban J connectivity index is 5.37. The Morgan fingerprint density at radius 1 is 0.800 bits per heavy atom. The Kier molecular flexibility index (Phi) is 13.4. The van der Waals surface area contributed by atoms with Gasteiger partial charge in [-0.15, -0.1) is 0 Å². The molecule has 0 heterocycles. The van der Waals surface area contributed by atoms with Crippen molar-refractivity contribution < 1.29 is 24.3 Å². The van der Waals surface area contributed by atoms with E-state index < -0.39 is 47.9 Å². The molecule has 0 aromatic carbocycles. The standard InChI is InChI=1S/C20H38N4O5S/c1-11(2)9-15(19(27)24-16(20(28)29)10-12(3)4)23-18(26)14(7-8-30-6)22-17(25)13(5)21/h11-16H,7-10,21H2,1-6H3,(H,22,25)(H,23,26)(H,24,27)(H,28,29). The first-order valence-corrected chi connectivity index (χ1v) is 11.7. The Hall–Kier alpha value is -1.81. The molecule has 0 saturated carbocycles. The fourth-order valence-corrected chi connectivity index (χ4v) is 3.22. The van der Waals surface area contributed by atoms with Crippen molar-refractivity contribution in [2.24, 2.45) is 17.6 Å². The zero-order valence-electron chi connectivity index (χ0n) is 18.9. The number of amides is 3. The van der Waals surface area contributed by atoms with E-state index in [4.69, 9.17) is 5.73 Å². The van der Waals surface area contributed by atoms with E-state index in [0.717, 1.165) is 0 Å². The summed E-state index contributed by atoms with van der Waals surface area (Å²) in [6, 6.07) is -3.54. The second-order valence-electron chi connectivity index (χ2n) is 8.35. The van der Waals surface area contributed by atoms with Crippen molar-refractivity contribution in [2.75, 3.05) is 12.0 Å². The quantitative estimate of drug-likeness (QED) is 0.264. The second-order valence-corrected chi connectivity index (χ2v) is 9.34. The van der Waals surface area contributed by atoms with Crippen LogP contribution in [0.15, 0.2) is 0 Å². The van der Waals surface area contributed by atoms with E-state index in [-0.39, 0.29) is 18.3 Å². The predicted octanol–water partition coefficient (Wildman–Crippen LogP) is 0.718. The van der Waals surface area contributed by atoms with Gasteiger partial charge in [0.05, 0.1) is 6.04 Å². The van der Waals surface area contributed by atoms with Gasteiger partial charge >= 0.3 is 5.97 Å². The van der Waals surface area contributed by atoms with Crippen LogP contribution in [0.3, 0.4) is 0 Å². The largest absolute Gasteiger partial charge is 0.480 e. The van der Waals surface area contributed by atoms with Crippen LogP contribution in [0.25, 0.3) is 0 Å². The molecule has 0 aliphatic carbocycles. The van der Waals surface area contributed by atoms with Gasteiger partial charge in [0.1, 0.15) is 18.1 Å². The number of carboxylic acid groups (broad SMARTS) is 1. The summed E-state index contributed by atoms with van der Waals surface area (Å²) in [6.45, 7) is 9.06. The number of rotatable bonds is 14. The number of hydrogen-bond donors (Lipinski definition) is 5. The number of nitrogens with two attached hydrogens (primary N) is 1. The Labute approximate surface area is 183 Å². The summed E-state index contributed by atoms with van der Waals surface area (Å²) in [4.78, 5) is 49.1. The smallest absolute Gasteiger partial charge is 0.326 e. The lowest BCUT2D eigenvalue weighted by Crippen LogP contribution is -2.57. The van der Waals surface area contributed by atoms with Gasteiger partial charge in [-0.25, -0.2) is 4.79 Å². The molecule has 0 rings (SSSR count). The van der Waals surface area contributed by atoms with Crippen molar-refractivity contribution in [3.05, 3.63) is 0 Å². The molecular formula is C20H38N4O5S. The maximum atomic E-state index is 12.8. The zero-order chi connectivity index (χ0) is 23.4. The van der Waals surface area contributed by atoms with E-state index in [1.807, 2.05) is 34.0 Å². The number of nitrogens with one attached hydrogen (secondary N) is 3. The molecule has 4 atom stereocenters. The maximum Gasteiger partial charge on any atom is 0.326 e. The van der Waals surface area contributed by atoms with Crippen LogP contribution in [0.1, 0.15) is 53.9 Å². The first-order valence-electron chi connectivity index (χ1n) is 10.3. The van der Waals surface area contributed by atoms with E-state index in [2.05, 4.69) is 16.0 Å². The normalized spacial score (nSPS) is 15.2. The summed E-state index contributed by atoms with van der Waals surface area (Å²) in [7, 11) is 0. The molecule has 6 N–H and O–H groups in total. The summed E-state index contributed by atoms with van der Waals surface area (Å²) in [5.74, 6) is -1.82. The van der Waals surface area contributed by atoms with E-state index in [1.165, 1.54) is 18.7 Å². The summed E-state index contributed by atoms with van der Waals surface area (Å²) in [5.41, 5.74) is 5.58. The molecule has 0 aliphatic rings. The summed E-state index contributed by atoms with van der Waals surface area (Å²) in [5, 5.41) is 17.2. The van der Waals surface area contributed by atoms with Gasteiger partial charge in [-0.1, -0.05) is 27.7 Å². The van der Waals surface area contributed by atoms with Crippen LogP contribution in [0, 0.1) is 11.8 Å². The lowest BCUT2D eigenvalue weighted by Gasteiger charge is -2.26. The fourth-order valence-electron chi connectivity index (χ4n) is 2.75. The van der Waals surface area contributed by atoms with Crippen molar-refractivity contribution in [2.45, 2.75) is 78.0 Å². The molecule has 0 spiro atoms. The van der Waals surface area contributed by atoms with Gasteiger partial charge in [-0.05, 0) is 50.0 Å². The van der Waals surface area contributed by atoms with Crippen molar-refractivity contribution in [3.8, 4) is 0 Å². The average molecular weight is 447 g/mol. The van der Waals surface area contributed by atoms with E-state index >= 15 is 0 Å². The topological polar surface area (TPSA) is 151 Å². The van der Waals surface area contributed by atoms with Crippen molar-refractivity contribution in [1.82, 2.24) is 16.0 Å². The van der Waals surface area contributed by atoms with E-state index in [0.29, 0.717) is 18.6 Å². The summed E-state index contributed by atoms with van der Waals surface area (Å²) in [6.07, 6.45) is 2.89. The SMILES string of the molecule is CSCCC(NC(=O)C(C)N)C(=O)NC(CC(C)C)C(=O)NC(CC(C)C)C(=O)O. The maximum absolute atomic E-state index is 12.8. The van der Waals surface area contributed by atoms with Crippen molar-refractivity contribution >= 4 is 35.5 Å². The molecule has 0 aromatic heterocycles. The molecule has 30 heavy (non-hydrogen) atoms.